The van der Waals surface area contributed by atoms with Crippen LogP contribution >= 0.6 is 27.3 Å². The minimum Gasteiger partial charge on any atom is -0.372 e. The number of aromatic nitrogens is 2. The molecule has 2 heterocycles. The Bertz CT molecular complexity index is 535. The Morgan fingerprint density at radius 2 is 2.24 bits per heavy atom. The number of nitrogens with one attached hydrogen (secondary N) is 1. The van der Waals surface area contributed by atoms with Crippen molar-refractivity contribution >= 4 is 33.1 Å². The van der Waals surface area contributed by atoms with Crippen LogP contribution in [-0.4, -0.2) is 17.0 Å². The Morgan fingerprint density at radius 3 is 2.82 bits per heavy atom. The van der Waals surface area contributed by atoms with Crippen LogP contribution in [0.5, 0.6) is 0 Å². The molecule has 0 spiro atoms. The number of halogens is 1. The van der Waals surface area contributed by atoms with E-state index >= 15 is 0 Å². The van der Waals surface area contributed by atoms with Crippen molar-refractivity contribution in [3.05, 3.63) is 27.0 Å². The van der Waals surface area contributed by atoms with E-state index in [0.717, 1.165) is 27.4 Å². The highest BCUT2D eigenvalue weighted by atomic mass is 79.9. The van der Waals surface area contributed by atoms with Gasteiger partial charge in [-0.25, -0.2) is 9.97 Å². The summed E-state index contributed by atoms with van der Waals surface area (Å²) >= 11 is 5.26. The standard InChI is InChI=1S/C12H12BrN3S/c1-14-12-9(13)10(7-2-3-7)15-11(16-12)8-4-5-17-6-8/h4-7H,2-3H2,1H3,(H,14,15,16). The van der Waals surface area contributed by atoms with Crippen LogP contribution in [0, 0.1) is 0 Å². The first-order valence-corrected chi connectivity index (χ1v) is 7.31. The van der Waals surface area contributed by atoms with E-state index in [1.54, 1.807) is 11.3 Å². The van der Waals surface area contributed by atoms with Crippen molar-refractivity contribution in [2.45, 2.75) is 18.8 Å². The van der Waals surface area contributed by atoms with Crippen LogP contribution in [0.25, 0.3) is 11.4 Å². The van der Waals surface area contributed by atoms with Gasteiger partial charge >= 0.3 is 0 Å². The zero-order valence-corrected chi connectivity index (χ0v) is 11.8. The number of nitrogens with zero attached hydrogens (tertiary/aromatic N) is 2. The average molecular weight is 310 g/mol. The molecule has 1 saturated carbocycles. The zero-order valence-electron chi connectivity index (χ0n) is 9.40. The van der Waals surface area contributed by atoms with Crippen LogP contribution in [0.2, 0.25) is 0 Å². The minimum absolute atomic E-state index is 0.608. The number of hydrogen-bond donors (Lipinski definition) is 1. The van der Waals surface area contributed by atoms with Gasteiger partial charge < -0.3 is 5.32 Å². The Morgan fingerprint density at radius 1 is 1.41 bits per heavy atom. The summed E-state index contributed by atoms with van der Waals surface area (Å²) in [5.74, 6) is 2.31. The van der Waals surface area contributed by atoms with Crippen molar-refractivity contribution < 1.29 is 0 Å². The van der Waals surface area contributed by atoms with Crippen LogP contribution in [-0.2, 0) is 0 Å². The maximum absolute atomic E-state index is 4.69. The smallest absolute Gasteiger partial charge is 0.162 e. The van der Waals surface area contributed by atoms with E-state index in [4.69, 9.17) is 4.98 Å². The predicted octanol–water partition coefficient (Wildman–Crippen LogP) is 3.89. The molecule has 3 rings (SSSR count). The van der Waals surface area contributed by atoms with Crippen LogP contribution < -0.4 is 5.32 Å². The third-order valence-electron chi connectivity index (χ3n) is 2.86. The summed E-state index contributed by atoms with van der Waals surface area (Å²) in [6.07, 6.45) is 2.48. The van der Waals surface area contributed by atoms with Crippen LogP contribution in [0.1, 0.15) is 24.5 Å². The highest BCUT2D eigenvalue weighted by Gasteiger charge is 2.29. The summed E-state index contributed by atoms with van der Waals surface area (Å²) in [5.41, 5.74) is 2.24. The second kappa shape index (κ2) is 4.38. The molecule has 5 heteroatoms. The van der Waals surface area contributed by atoms with Gasteiger partial charge in [0.15, 0.2) is 5.82 Å². The molecule has 2 aromatic rings. The molecule has 0 unspecified atom stereocenters. The first kappa shape index (κ1) is 11.2. The second-order valence-corrected chi connectivity index (χ2v) is 5.70. The SMILES string of the molecule is CNc1nc(-c2ccsc2)nc(C2CC2)c1Br. The van der Waals surface area contributed by atoms with Crippen molar-refractivity contribution in [3.63, 3.8) is 0 Å². The lowest BCUT2D eigenvalue weighted by atomic mass is 10.2. The Labute approximate surface area is 112 Å². The molecule has 0 amide bonds. The topological polar surface area (TPSA) is 37.8 Å². The molecule has 17 heavy (non-hydrogen) atoms. The molecule has 0 bridgehead atoms. The lowest BCUT2D eigenvalue weighted by Crippen LogP contribution is -2.02. The largest absolute Gasteiger partial charge is 0.372 e. The molecule has 0 atom stereocenters. The summed E-state index contributed by atoms with van der Waals surface area (Å²) in [4.78, 5) is 9.24. The molecular weight excluding hydrogens is 298 g/mol. The quantitative estimate of drug-likeness (QED) is 0.934. The van der Waals surface area contributed by atoms with Gasteiger partial charge in [-0.1, -0.05) is 0 Å². The third-order valence-corrected chi connectivity index (χ3v) is 4.32. The van der Waals surface area contributed by atoms with E-state index in [-0.39, 0.29) is 0 Å². The van der Waals surface area contributed by atoms with Gasteiger partial charge in [-0.3, -0.25) is 0 Å². The number of anilines is 1. The van der Waals surface area contributed by atoms with E-state index in [0.29, 0.717) is 5.92 Å². The van der Waals surface area contributed by atoms with E-state index in [1.807, 2.05) is 7.05 Å². The summed E-state index contributed by atoms with van der Waals surface area (Å²) in [7, 11) is 1.89. The molecule has 0 saturated heterocycles. The Kier molecular flexibility index (Phi) is 2.88. The molecular formula is C12H12BrN3S. The third kappa shape index (κ3) is 2.09. The monoisotopic (exact) mass is 309 g/mol. The van der Waals surface area contributed by atoms with Gasteiger partial charge in [-0.15, -0.1) is 0 Å². The normalized spacial score (nSPS) is 14.9. The van der Waals surface area contributed by atoms with Crippen molar-refractivity contribution in [2.24, 2.45) is 0 Å². The van der Waals surface area contributed by atoms with Gasteiger partial charge in [0.2, 0.25) is 0 Å². The fourth-order valence-corrected chi connectivity index (χ4v) is 3.11. The fraction of sp³-hybridized carbons (Fsp3) is 0.333. The van der Waals surface area contributed by atoms with Gasteiger partial charge in [-0.05, 0) is 40.2 Å². The molecule has 1 fully saturated rings. The van der Waals surface area contributed by atoms with Gasteiger partial charge in [-0.2, -0.15) is 11.3 Å². The summed E-state index contributed by atoms with van der Waals surface area (Å²) < 4.78 is 1.02. The maximum Gasteiger partial charge on any atom is 0.162 e. The number of thiophene rings is 1. The molecule has 1 aliphatic rings. The second-order valence-electron chi connectivity index (χ2n) is 4.13. The highest BCUT2D eigenvalue weighted by molar-refractivity contribution is 9.10. The molecule has 88 valence electrons. The molecule has 1 N–H and O–H groups in total. The van der Waals surface area contributed by atoms with E-state index in [9.17, 15) is 0 Å². The van der Waals surface area contributed by atoms with Crippen molar-refractivity contribution in [2.75, 3.05) is 12.4 Å². The van der Waals surface area contributed by atoms with Crippen LogP contribution in [0.15, 0.2) is 21.3 Å². The van der Waals surface area contributed by atoms with E-state index in [2.05, 4.69) is 43.1 Å². The van der Waals surface area contributed by atoms with Gasteiger partial charge in [0.1, 0.15) is 5.82 Å². The lowest BCUT2D eigenvalue weighted by molar-refractivity contribution is 0.981. The zero-order chi connectivity index (χ0) is 11.8. The highest BCUT2D eigenvalue weighted by Crippen LogP contribution is 2.44. The van der Waals surface area contributed by atoms with Crippen LogP contribution in [0.3, 0.4) is 0 Å². The number of hydrogen-bond acceptors (Lipinski definition) is 4. The van der Waals surface area contributed by atoms with E-state index < -0.39 is 0 Å². The van der Waals surface area contributed by atoms with E-state index in [1.165, 1.54) is 12.8 Å². The van der Waals surface area contributed by atoms with Gasteiger partial charge in [0, 0.05) is 23.9 Å². The molecule has 2 aromatic heterocycles. The first-order chi connectivity index (χ1) is 8.29. The van der Waals surface area contributed by atoms with Crippen molar-refractivity contribution in [3.8, 4) is 11.4 Å². The van der Waals surface area contributed by atoms with Crippen LogP contribution in [0.4, 0.5) is 5.82 Å². The molecule has 1 aliphatic carbocycles. The summed E-state index contributed by atoms with van der Waals surface area (Å²) in [6.45, 7) is 0. The van der Waals surface area contributed by atoms with Crippen molar-refractivity contribution in [1.29, 1.82) is 0 Å². The maximum atomic E-state index is 4.69. The Hall–Kier alpha value is -0.940. The predicted molar refractivity (Wildman–Crippen MR) is 74.6 cm³/mol. The fourth-order valence-electron chi connectivity index (χ4n) is 1.78. The molecule has 3 nitrogen and oxygen atoms in total. The summed E-state index contributed by atoms with van der Waals surface area (Å²) in [5, 5.41) is 7.26. The Balaban J connectivity index is 2.13. The van der Waals surface area contributed by atoms with Gasteiger partial charge in [0.25, 0.3) is 0 Å². The molecule has 0 radical (unpaired) electrons. The molecule has 0 aliphatic heterocycles. The minimum atomic E-state index is 0.608. The van der Waals surface area contributed by atoms with Gasteiger partial charge in [0.05, 0.1) is 10.2 Å². The average Bonchev–Trinajstić information content (AvgIpc) is 3.04. The van der Waals surface area contributed by atoms with Crippen molar-refractivity contribution in [1.82, 2.24) is 9.97 Å². The summed E-state index contributed by atoms with van der Waals surface area (Å²) in [6, 6.07) is 2.06. The molecule has 0 aromatic carbocycles. The lowest BCUT2D eigenvalue weighted by Gasteiger charge is -2.09. The number of rotatable bonds is 3. The first-order valence-electron chi connectivity index (χ1n) is 5.57.